The van der Waals surface area contributed by atoms with Gasteiger partial charge in [-0.05, 0) is 63.9 Å². The molecule has 2 atom stereocenters. The van der Waals surface area contributed by atoms with Crippen molar-refractivity contribution in [1.29, 1.82) is 0 Å². The molecule has 1 N–H and O–H groups in total. The number of hydrogen-bond acceptors (Lipinski definition) is 3. The zero-order valence-corrected chi connectivity index (χ0v) is 16.1. The Hall–Kier alpha value is -1.85. The fourth-order valence-electron chi connectivity index (χ4n) is 4.40. The standard InChI is InChI=1S/C20H25ClN4O/c1-13-19(14(2)25(23-13)17-5-3-15(21)4-6-17)11-20(26)24-16-7-8-18(24)12-22-10-9-16/h3-6,16,18,22H,7-12H2,1-2H3. The van der Waals surface area contributed by atoms with E-state index in [2.05, 4.69) is 15.3 Å². The molecule has 1 amide bonds. The van der Waals surface area contributed by atoms with Crippen molar-refractivity contribution >= 4 is 17.5 Å². The molecule has 0 aliphatic carbocycles. The summed E-state index contributed by atoms with van der Waals surface area (Å²) in [4.78, 5) is 15.3. The number of nitrogens with zero attached hydrogens (tertiary/aromatic N) is 3. The van der Waals surface area contributed by atoms with Gasteiger partial charge in [0.15, 0.2) is 0 Å². The van der Waals surface area contributed by atoms with Crippen molar-refractivity contribution in [2.75, 3.05) is 13.1 Å². The monoisotopic (exact) mass is 372 g/mol. The molecule has 4 rings (SSSR count). The van der Waals surface area contributed by atoms with Gasteiger partial charge in [-0.2, -0.15) is 5.10 Å². The van der Waals surface area contributed by atoms with E-state index in [0.29, 0.717) is 23.5 Å². The number of carbonyl (C=O) groups is 1. The first kappa shape index (κ1) is 17.6. The molecule has 5 nitrogen and oxygen atoms in total. The van der Waals surface area contributed by atoms with Crippen LogP contribution in [-0.4, -0.2) is 45.8 Å². The molecule has 0 saturated carbocycles. The number of rotatable bonds is 3. The largest absolute Gasteiger partial charge is 0.335 e. The minimum Gasteiger partial charge on any atom is -0.335 e. The summed E-state index contributed by atoms with van der Waals surface area (Å²) in [6, 6.07) is 8.37. The van der Waals surface area contributed by atoms with Crippen molar-refractivity contribution in [3.63, 3.8) is 0 Å². The maximum atomic E-state index is 13.1. The van der Waals surface area contributed by atoms with Gasteiger partial charge >= 0.3 is 0 Å². The molecule has 1 aromatic carbocycles. The van der Waals surface area contributed by atoms with Gasteiger partial charge in [-0.1, -0.05) is 11.6 Å². The SMILES string of the molecule is Cc1nn(-c2ccc(Cl)cc2)c(C)c1CC(=O)N1C2CCNCC1CC2. The van der Waals surface area contributed by atoms with Gasteiger partial charge < -0.3 is 10.2 Å². The smallest absolute Gasteiger partial charge is 0.227 e. The minimum absolute atomic E-state index is 0.239. The Labute approximate surface area is 159 Å². The van der Waals surface area contributed by atoms with Crippen molar-refractivity contribution in [2.45, 2.75) is 51.6 Å². The number of hydrogen-bond donors (Lipinski definition) is 1. The molecule has 6 heteroatoms. The van der Waals surface area contributed by atoms with Gasteiger partial charge in [0.05, 0.1) is 17.8 Å². The Kier molecular flexibility index (Phi) is 4.76. The topological polar surface area (TPSA) is 50.2 Å². The van der Waals surface area contributed by atoms with Crippen LogP contribution in [0.2, 0.25) is 5.02 Å². The van der Waals surface area contributed by atoms with E-state index >= 15 is 0 Å². The van der Waals surface area contributed by atoms with Crippen LogP contribution in [0.4, 0.5) is 0 Å². The van der Waals surface area contributed by atoms with Gasteiger partial charge in [0, 0.05) is 34.9 Å². The van der Waals surface area contributed by atoms with E-state index < -0.39 is 0 Å². The van der Waals surface area contributed by atoms with Crippen LogP contribution in [0.5, 0.6) is 0 Å². The molecule has 1 aromatic heterocycles. The maximum Gasteiger partial charge on any atom is 0.227 e. The summed E-state index contributed by atoms with van der Waals surface area (Å²) < 4.78 is 1.91. The zero-order chi connectivity index (χ0) is 18.3. The molecule has 2 bridgehead atoms. The van der Waals surface area contributed by atoms with Crippen molar-refractivity contribution in [1.82, 2.24) is 20.0 Å². The average molecular weight is 373 g/mol. The lowest BCUT2D eigenvalue weighted by Crippen LogP contribution is -2.43. The summed E-state index contributed by atoms with van der Waals surface area (Å²) in [7, 11) is 0. The van der Waals surface area contributed by atoms with E-state index in [0.717, 1.165) is 55.0 Å². The molecule has 2 aliphatic heterocycles. The third-order valence-corrected chi connectivity index (χ3v) is 6.03. The van der Waals surface area contributed by atoms with Crippen molar-refractivity contribution in [2.24, 2.45) is 0 Å². The summed E-state index contributed by atoms with van der Waals surface area (Å²) in [6.07, 6.45) is 3.74. The number of aromatic nitrogens is 2. The van der Waals surface area contributed by atoms with Gasteiger partial charge in [-0.15, -0.1) is 0 Å². The predicted molar refractivity (Wildman–Crippen MR) is 103 cm³/mol. The minimum atomic E-state index is 0.239. The highest BCUT2D eigenvalue weighted by molar-refractivity contribution is 6.30. The summed E-state index contributed by atoms with van der Waals surface area (Å²) in [5.74, 6) is 0.239. The third-order valence-electron chi connectivity index (χ3n) is 5.78. The summed E-state index contributed by atoms with van der Waals surface area (Å²) in [6.45, 7) is 5.96. The number of aryl methyl sites for hydroxylation is 1. The van der Waals surface area contributed by atoms with Gasteiger partial charge in [0.25, 0.3) is 0 Å². The first-order chi connectivity index (χ1) is 12.5. The highest BCUT2D eigenvalue weighted by Gasteiger charge is 2.38. The summed E-state index contributed by atoms with van der Waals surface area (Å²) in [5, 5.41) is 8.83. The Bertz CT molecular complexity index is 800. The lowest BCUT2D eigenvalue weighted by Gasteiger charge is -2.28. The van der Waals surface area contributed by atoms with Crippen molar-refractivity contribution in [3.8, 4) is 5.69 Å². The Morgan fingerprint density at radius 3 is 2.69 bits per heavy atom. The van der Waals surface area contributed by atoms with Gasteiger partial charge in [0.1, 0.15) is 0 Å². The first-order valence-electron chi connectivity index (χ1n) is 9.37. The van der Waals surface area contributed by atoms with Crippen molar-refractivity contribution in [3.05, 3.63) is 46.2 Å². The molecule has 3 heterocycles. The fourth-order valence-corrected chi connectivity index (χ4v) is 4.52. The number of halogens is 1. The van der Waals surface area contributed by atoms with Crippen molar-refractivity contribution < 1.29 is 4.79 Å². The Morgan fingerprint density at radius 2 is 1.92 bits per heavy atom. The predicted octanol–water partition coefficient (Wildman–Crippen LogP) is 3.04. The number of nitrogens with one attached hydrogen (secondary N) is 1. The quantitative estimate of drug-likeness (QED) is 0.900. The lowest BCUT2D eigenvalue weighted by atomic mass is 10.1. The lowest BCUT2D eigenvalue weighted by molar-refractivity contribution is -0.133. The molecule has 0 radical (unpaired) electrons. The van der Waals surface area contributed by atoms with E-state index in [9.17, 15) is 4.79 Å². The number of amides is 1. The van der Waals surface area contributed by atoms with Crippen LogP contribution in [0.3, 0.4) is 0 Å². The molecular weight excluding hydrogens is 348 g/mol. The molecule has 0 spiro atoms. The van der Waals surface area contributed by atoms with Crippen LogP contribution < -0.4 is 5.32 Å². The second-order valence-electron chi connectivity index (χ2n) is 7.39. The highest BCUT2D eigenvalue weighted by Crippen LogP contribution is 2.29. The van der Waals surface area contributed by atoms with Gasteiger partial charge in [0.2, 0.25) is 5.91 Å². The molecule has 2 unspecified atom stereocenters. The number of carbonyl (C=O) groups excluding carboxylic acids is 1. The highest BCUT2D eigenvalue weighted by atomic mass is 35.5. The van der Waals surface area contributed by atoms with Gasteiger partial charge in [-0.25, -0.2) is 4.68 Å². The van der Waals surface area contributed by atoms with E-state index in [1.54, 1.807) is 0 Å². The normalized spacial score (nSPS) is 22.5. The molecule has 2 saturated heterocycles. The molecule has 26 heavy (non-hydrogen) atoms. The van der Waals surface area contributed by atoms with Crippen LogP contribution in [0.15, 0.2) is 24.3 Å². The summed E-state index contributed by atoms with van der Waals surface area (Å²) in [5.41, 5.74) is 3.96. The molecule has 2 fully saturated rings. The maximum absolute atomic E-state index is 13.1. The zero-order valence-electron chi connectivity index (χ0n) is 15.3. The third kappa shape index (κ3) is 3.14. The van der Waals surface area contributed by atoms with Crippen LogP contribution in [0, 0.1) is 13.8 Å². The van der Waals surface area contributed by atoms with Crippen LogP contribution >= 0.6 is 11.6 Å². The van der Waals surface area contributed by atoms with E-state index in [-0.39, 0.29) is 5.91 Å². The van der Waals surface area contributed by atoms with Crippen LogP contribution in [0.1, 0.15) is 36.2 Å². The fraction of sp³-hybridized carbons (Fsp3) is 0.500. The van der Waals surface area contributed by atoms with Crippen LogP contribution in [-0.2, 0) is 11.2 Å². The average Bonchev–Trinajstić information content (AvgIpc) is 3.04. The molecule has 2 aromatic rings. The summed E-state index contributed by atoms with van der Waals surface area (Å²) >= 11 is 5.99. The second-order valence-corrected chi connectivity index (χ2v) is 7.83. The molecule has 138 valence electrons. The second kappa shape index (κ2) is 7.05. The molecular formula is C20H25ClN4O. The van der Waals surface area contributed by atoms with E-state index in [1.807, 2.05) is 42.8 Å². The van der Waals surface area contributed by atoms with Crippen LogP contribution in [0.25, 0.3) is 5.69 Å². The molecule has 2 aliphatic rings. The Balaban J connectivity index is 1.58. The Morgan fingerprint density at radius 1 is 1.19 bits per heavy atom. The van der Waals surface area contributed by atoms with E-state index in [4.69, 9.17) is 11.6 Å². The number of fused-ring (bicyclic) bond motifs is 2. The number of benzene rings is 1. The van der Waals surface area contributed by atoms with Gasteiger partial charge in [-0.3, -0.25) is 4.79 Å². The van der Waals surface area contributed by atoms with E-state index in [1.165, 1.54) is 0 Å². The first-order valence-corrected chi connectivity index (χ1v) is 9.75.